The van der Waals surface area contributed by atoms with Crippen LogP contribution in [0.25, 0.3) is 0 Å². The maximum atomic E-state index is 13.8. The third-order valence-electron chi connectivity index (χ3n) is 6.91. The van der Waals surface area contributed by atoms with Crippen LogP contribution in [-0.4, -0.2) is 35.7 Å². The van der Waals surface area contributed by atoms with Crippen LogP contribution in [0, 0.1) is 18.8 Å². The van der Waals surface area contributed by atoms with E-state index in [-0.39, 0.29) is 30.3 Å². The van der Waals surface area contributed by atoms with E-state index in [2.05, 4.69) is 19.2 Å². The first-order valence-corrected chi connectivity index (χ1v) is 12.2. The van der Waals surface area contributed by atoms with Gasteiger partial charge in [-0.1, -0.05) is 68.7 Å². The number of aryl methyl sites for hydroxylation is 1. The first-order valence-electron chi connectivity index (χ1n) is 11.7. The average molecular weight is 471 g/mol. The summed E-state index contributed by atoms with van der Waals surface area (Å²) >= 11 is 6.02. The van der Waals surface area contributed by atoms with Gasteiger partial charge in [0.05, 0.1) is 7.11 Å². The lowest BCUT2D eigenvalue weighted by Gasteiger charge is -2.37. The molecule has 0 bridgehead atoms. The second-order valence-electron chi connectivity index (χ2n) is 9.20. The number of carbonyl (C=O) groups excluding carboxylic acids is 2. The Balaban J connectivity index is 1.96. The summed E-state index contributed by atoms with van der Waals surface area (Å²) in [7, 11) is 1.61. The van der Waals surface area contributed by atoms with Crippen molar-refractivity contribution in [2.45, 2.75) is 58.7 Å². The monoisotopic (exact) mass is 470 g/mol. The van der Waals surface area contributed by atoms with Crippen molar-refractivity contribution < 1.29 is 14.3 Å². The Hall–Kier alpha value is -2.53. The highest BCUT2D eigenvalue weighted by Crippen LogP contribution is 2.31. The number of rotatable bonds is 8. The van der Waals surface area contributed by atoms with E-state index in [9.17, 15) is 9.59 Å². The molecule has 0 aliphatic heterocycles. The zero-order chi connectivity index (χ0) is 24.0. The van der Waals surface area contributed by atoms with Gasteiger partial charge < -0.3 is 15.0 Å². The Morgan fingerprint density at radius 3 is 2.55 bits per heavy atom. The van der Waals surface area contributed by atoms with Crippen molar-refractivity contribution in [3.8, 4) is 5.75 Å². The molecule has 0 unspecified atom stereocenters. The number of amides is 2. The predicted molar refractivity (Wildman–Crippen MR) is 132 cm³/mol. The van der Waals surface area contributed by atoms with Gasteiger partial charge in [0.1, 0.15) is 17.7 Å². The lowest BCUT2D eigenvalue weighted by Crippen LogP contribution is -2.50. The van der Waals surface area contributed by atoms with E-state index >= 15 is 0 Å². The summed E-state index contributed by atoms with van der Waals surface area (Å²) < 4.78 is 5.34. The number of halogens is 1. The van der Waals surface area contributed by atoms with Gasteiger partial charge in [-0.2, -0.15) is 0 Å². The minimum absolute atomic E-state index is 0.0963. The lowest BCUT2D eigenvalue weighted by atomic mass is 9.78. The molecule has 1 aliphatic carbocycles. The molecule has 1 N–H and O–H groups in total. The highest BCUT2D eigenvalue weighted by molar-refractivity contribution is 6.27. The quantitative estimate of drug-likeness (QED) is 0.536. The molecule has 1 fully saturated rings. The molecule has 2 aromatic carbocycles. The summed E-state index contributed by atoms with van der Waals surface area (Å²) in [6.45, 7) is 6.70. The smallest absolute Gasteiger partial charge is 0.247 e. The van der Waals surface area contributed by atoms with Gasteiger partial charge in [-0.15, -0.1) is 11.6 Å². The number of carbonyl (C=O) groups is 2. The molecule has 0 radical (unpaired) electrons. The molecular weight excluding hydrogens is 436 g/mol. The lowest BCUT2D eigenvalue weighted by molar-refractivity contribution is -0.140. The van der Waals surface area contributed by atoms with Crippen LogP contribution in [-0.2, 0) is 16.1 Å². The second kappa shape index (κ2) is 11.6. The summed E-state index contributed by atoms with van der Waals surface area (Å²) in [6, 6.07) is 14.6. The molecule has 2 aromatic rings. The van der Waals surface area contributed by atoms with Gasteiger partial charge in [0.2, 0.25) is 11.8 Å². The Morgan fingerprint density at radius 2 is 1.88 bits per heavy atom. The first kappa shape index (κ1) is 25.1. The number of ether oxygens (including phenoxy) is 1. The van der Waals surface area contributed by atoms with Crippen LogP contribution in [0.3, 0.4) is 0 Å². The largest absolute Gasteiger partial charge is 0.497 e. The van der Waals surface area contributed by atoms with Gasteiger partial charge >= 0.3 is 0 Å². The molecule has 0 saturated heterocycles. The number of nitrogens with zero attached hydrogens (tertiary/aromatic N) is 1. The third kappa shape index (κ3) is 6.29. The maximum absolute atomic E-state index is 13.8. The number of hydrogen-bond acceptors (Lipinski definition) is 3. The number of alkyl halides is 1. The van der Waals surface area contributed by atoms with Crippen LogP contribution in [0.1, 0.15) is 55.8 Å². The number of nitrogens with one attached hydrogen (secondary N) is 1. The van der Waals surface area contributed by atoms with Crippen LogP contribution >= 0.6 is 11.6 Å². The van der Waals surface area contributed by atoms with Gasteiger partial charge in [-0.3, -0.25) is 9.59 Å². The van der Waals surface area contributed by atoms with Gasteiger partial charge in [-0.05, 0) is 48.4 Å². The molecule has 33 heavy (non-hydrogen) atoms. The van der Waals surface area contributed by atoms with E-state index in [4.69, 9.17) is 16.3 Å². The van der Waals surface area contributed by atoms with Crippen molar-refractivity contribution >= 4 is 23.4 Å². The van der Waals surface area contributed by atoms with Gasteiger partial charge in [0.15, 0.2) is 0 Å². The fraction of sp³-hybridized carbons (Fsp3) is 0.481. The van der Waals surface area contributed by atoms with Crippen LogP contribution in [0.5, 0.6) is 5.75 Å². The van der Waals surface area contributed by atoms with E-state index < -0.39 is 6.04 Å². The Morgan fingerprint density at radius 1 is 1.15 bits per heavy atom. The Bertz CT molecular complexity index is 947. The third-order valence-corrected chi connectivity index (χ3v) is 7.14. The zero-order valence-electron chi connectivity index (χ0n) is 20.0. The van der Waals surface area contributed by atoms with Crippen molar-refractivity contribution in [3.05, 3.63) is 65.2 Å². The van der Waals surface area contributed by atoms with Crippen molar-refractivity contribution in [1.29, 1.82) is 0 Å². The summed E-state index contributed by atoms with van der Waals surface area (Å²) in [6.07, 6.45) is 3.23. The SMILES string of the molecule is COc1cccc(CN(C(=O)CCl)[C@H](C(=O)N[C@@H]2CCC[C@H](C)[C@H]2C)c2ccc(C)cc2)c1. The molecule has 5 nitrogen and oxygen atoms in total. The fourth-order valence-corrected chi connectivity index (χ4v) is 4.79. The molecule has 6 heteroatoms. The Kier molecular flexibility index (Phi) is 8.79. The molecular formula is C27H35ClN2O3. The molecule has 3 rings (SSSR count). The fourth-order valence-electron chi connectivity index (χ4n) is 4.64. The highest BCUT2D eigenvalue weighted by atomic mass is 35.5. The molecule has 0 aromatic heterocycles. The number of benzene rings is 2. The van der Waals surface area contributed by atoms with Crippen molar-refractivity contribution in [1.82, 2.24) is 10.2 Å². The second-order valence-corrected chi connectivity index (χ2v) is 9.47. The predicted octanol–water partition coefficient (Wildman–Crippen LogP) is 5.25. The van der Waals surface area contributed by atoms with Crippen molar-refractivity contribution in [2.24, 2.45) is 11.8 Å². The molecule has 2 amide bonds. The molecule has 4 atom stereocenters. The van der Waals surface area contributed by atoms with Crippen molar-refractivity contribution in [2.75, 3.05) is 13.0 Å². The summed E-state index contributed by atoms with van der Waals surface area (Å²) in [5.74, 6) is 0.996. The number of hydrogen-bond donors (Lipinski definition) is 1. The van der Waals surface area contributed by atoms with Crippen LogP contribution in [0.15, 0.2) is 48.5 Å². The van der Waals surface area contributed by atoms with E-state index in [0.29, 0.717) is 17.6 Å². The Labute approximate surface area is 202 Å². The van der Waals surface area contributed by atoms with Gasteiger partial charge in [0.25, 0.3) is 0 Å². The van der Waals surface area contributed by atoms with E-state index in [1.165, 1.54) is 6.42 Å². The molecule has 0 spiro atoms. The van der Waals surface area contributed by atoms with Crippen LogP contribution in [0.4, 0.5) is 0 Å². The first-order chi connectivity index (χ1) is 15.8. The minimum Gasteiger partial charge on any atom is -0.497 e. The van der Waals surface area contributed by atoms with Gasteiger partial charge in [-0.25, -0.2) is 0 Å². The highest BCUT2D eigenvalue weighted by Gasteiger charge is 2.35. The van der Waals surface area contributed by atoms with Crippen LogP contribution in [0.2, 0.25) is 0 Å². The van der Waals surface area contributed by atoms with E-state index in [0.717, 1.165) is 29.5 Å². The standard InChI is InChI=1S/C27H35ClN2O3/c1-18-11-13-22(14-12-18)26(27(32)29-24-10-5-7-19(2)20(24)3)30(25(31)16-28)17-21-8-6-9-23(15-21)33-4/h6,8-9,11-15,19-20,24,26H,5,7,10,16-17H2,1-4H3,(H,29,32)/t19-,20+,24+,26-/m0/s1. The summed E-state index contributed by atoms with van der Waals surface area (Å²) in [5, 5.41) is 3.28. The average Bonchev–Trinajstić information content (AvgIpc) is 2.82. The van der Waals surface area contributed by atoms with Crippen LogP contribution < -0.4 is 10.1 Å². The summed E-state index contributed by atoms with van der Waals surface area (Å²) in [5.41, 5.74) is 2.74. The zero-order valence-corrected chi connectivity index (χ0v) is 20.8. The van der Waals surface area contributed by atoms with Gasteiger partial charge in [0, 0.05) is 12.6 Å². The van der Waals surface area contributed by atoms with Crippen molar-refractivity contribution in [3.63, 3.8) is 0 Å². The molecule has 1 aliphatic rings. The topological polar surface area (TPSA) is 58.6 Å². The summed E-state index contributed by atoms with van der Waals surface area (Å²) in [4.78, 5) is 28.4. The minimum atomic E-state index is -0.771. The molecule has 0 heterocycles. The van der Waals surface area contributed by atoms with E-state index in [1.807, 2.05) is 55.5 Å². The normalized spacial score (nSPS) is 21.2. The van der Waals surface area contributed by atoms with E-state index in [1.54, 1.807) is 12.0 Å². The number of methoxy groups -OCH3 is 1. The molecule has 1 saturated carbocycles. The maximum Gasteiger partial charge on any atom is 0.247 e. The molecule has 178 valence electrons.